The highest BCUT2D eigenvalue weighted by molar-refractivity contribution is 5.78. The van der Waals surface area contributed by atoms with Gasteiger partial charge < -0.3 is 18.9 Å². The number of carbonyl (C=O) groups excluding carboxylic acids is 2. The van der Waals surface area contributed by atoms with Gasteiger partial charge in [-0.2, -0.15) is 0 Å². The molecule has 10 heteroatoms. The number of aromatic nitrogens is 3. The fourth-order valence-electron chi connectivity index (χ4n) is 4.00. The zero-order chi connectivity index (χ0) is 22.9. The van der Waals surface area contributed by atoms with Crippen molar-refractivity contribution in [3.05, 3.63) is 41.7 Å². The van der Waals surface area contributed by atoms with Crippen LogP contribution in [0.15, 0.2) is 24.3 Å². The summed E-state index contributed by atoms with van der Waals surface area (Å²) in [5, 5.41) is 8.65. The Balaban J connectivity index is 1.41. The Bertz CT molecular complexity index is 985. The van der Waals surface area contributed by atoms with Gasteiger partial charge in [0.2, 0.25) is 0 Å². The number of carbonyl (C=O) groups is 2. The van der Waals surface area contributed by atoms with E-state index in [4.69, 9.17) is 9.47 Å². The van der Waals surface area contributed by atoms with Gasteiger partial charge in [0.1, 0.15) is 17.2 Å². The van der Waals surface area contributed by atoms with Crippen LogP contribution >= 0.6 is 0 Å². The zero-order valence-corrected chi connectivity index (χ0v) is 18.6. The van der Waals surface area contributed by atoms with Crippen molar-refractivity contribution in [2.45, 2.75) is 58.3 Å². The Morgan fingerprint density at radius 3 is 2.59 bits per heavy atom. The first-order chi connectivity index (χ1) is 15.2. The smallest absolute Gasteiger partial charge is 0.410 e. The first kappa shape index (κ1) is 22.0. The highest BCUT2D eigenvalue weighted by Crippen LogP contribution is 2.32. The zero-order valence-electron chi connectivity index (χ0n) is 18.6. The van der Waals surface area contributed by atoms with Gasteiger partial charge in [-0.15, -0.1) is 10.2 Å². The van der Waals surface area contributed by atoms with E-state index in [1.165, 1.54) is 24.3 Å². The van der Waals surface area contributed by atoms with E-state index in [1.54, 1.807) is 9.80 Å². The molecular weight excluding hydrogens is 417 g/mol. The van der Waals surface area contributed by atoms with Crippen LogP contribution in [-0.4, -0.2) is 61.9 Å². The van der Waals surface area contributed by atoms with Gasteiger partial charge in [0.05, 0.1) is 12.6 Å². The predicted molar refractivity (Wildman–Crippen MR) is 112 cm³/mol. The highest BCUT2D eigenvalue weighted by atomic mass is 19.1. The minimum absolute atomic E-state index is 0.129. The van der Waals surface area contributed by atoms with Crippen molar-refractivity contribution in [1.82, 2.24) is 24.6 Å². The van der Waals surface area contributed by atoms with Gasteiger partial charge in [0.15, 0.2) is 18.3 Å². The number of halogens is 1. The molecule has 0 aliphatic carbocycles. The third kappa shape index (κ3) is 4.84. The summed E-state index contributed by atoms with van der Waals surface area (Å²) < 4.78 is 26.0. The third-order valence-corrected chi connectivity index (χ3v) is 5.48. The quantitative estimate of drug-likeness (QED) is 0.719. The van der Waals surface area contributed by atoms with Crippen molar-refractivity contribution >= 4 is 12.0 Å². The van der Waals surface area contributed by atoms with Gasteiger partial charge in [-0.3, -0.25) is 9.69 Å². The summed E-state index contributed by atoms with van der Waals surface area (Å²) in [7, 11) is 0. The molecule has 0 spiro atoms. The van der Waals surface area contributed by atoms with Crippen molar-refractivity contribution in [3.8, 4) is 5.75 Å². The van der Waals surface area contributed by atoms with E-state index in [0.29, 0.717) is 37.8 Å². The van der Waals surface area contributed by atoms with Gasteiger partial charge in [-0.05, 0) is 57.9 Å². The molecule has 3 heterocycles. The summed E-state index contributed by atoms with van der Waals surface area (Å²) in [6.07, 6.45) is 1.28. The van der Waals surface area contributed by atoms with Crippen LogP contribution in [0.4, 0.5) is 9.18 Å². The average molecular weight is 445 g/mol. The molecule has 1 fully saturated rings. The van der Waals surface area contributed by atoms with Gasteiger partial charge >= 0.3 is 6.09 Å². The lowest BCUT2D eigenvalue weighted by molar-refractivity contribution is -0.134. The maximum Gasteiger partial charge on any atom is 0.410 e. The van der Waals surface area contributed by atoms with Crippen LogP contribution in [0, 0.1) is 5.82 Å². The monoisotopic (exact) mass is 445 g/mol. The molecule has 32 heavy (non-hydrogen) atoms. The number of rotatable bonds is 4. The first-order valence-corrected chi connectivity index (χ1v) is 10.8. The number of nitrogens with zero attached hydrogens (tertiary/aromatic N) is 5. The molecule has 0 N–H and O–H groups in total. The Morgan fingerprint density at radius 2 is 1.88 bits per heavy atom. The molecule has 2 amide bonds. The summed E-state index contributed by atoms with van der Waals surface area (Å²) in [4.78, 5) is 28.6. The maximum atomic E-state index is 13.0. The molecule has 2 aromatic rings. The molecule has 0 bridgehead atoms. The molecule has 0 unspecified atom stereocenters. The average Bonchev–Trinajstić information content (AvgIpc) is 3.38. The molecule has 9 nitrogen and oxygen atoms in total. The van der Waals surface area contributed by atoms with Crippen LogP contribution in [0.5, 0.6) is 5.75 Å². The number of fused-ring (bicyclic) bond motifs is 1. The van der Waals surface area contributed by atoms with Crippen molar-refractivity contribution in [2.75, 3.05) is 19.7 Å². The number of benzene rings is 1. The Kier molecular flexibility index (Phi) is 6.03. The summed E-state index contributed by atoms with van der Waals surface area (Å²) >= 11 is 0. The second kappa shape index (κ2) is 8.76. The van der Waals surface area contributed by atoms with E-state index in [2.05, 4.69) is 10.2 Å². The molecule has 172 valence electrons. The van der Waals surface area contributed by atoms with E-state index in [9.17, 15) is 14.0 Å². The number of amides is 2. The summed E-state index contributed by atoms with van der Waals surface area (Å²) in [5.41, 5.74) is -0.561. The van der Waals surface area contributed by atoms with E-state index >= 15 is 0 Å². The predicted octanol–water partition coefficient (Wildman–Crippen LogP) is 2.91. The van der Waals surface area contributed by atoms with Gasteiger partial charge in [0, 0.05) is 19.6 Å². The number of likely N-dealkylation sites (tertiary alicyclic amines) is 1. The second-order valence-electron chi connectivity index (χ2n) is 9.02. The van der Waals surface area contributed by atoms with Crippen molar-refractivity contribution < 1.29 is 23.5 Å². The molecule has 4 rings (SSSR count). The molecule has 0 saturated carbocycles. The van der Waals surface area contributed by atoms with Crippen molar-refractivity contribution in [3.63, 3.8) is 0 Å². The van der Waals surface area contributed by atoms with Crippen LogP contribution in [0.1, 0.15) is 51.3 Å². The number of ether oxygens (including phenoxy) is 2. The molecule has 1 atom stereocenters. The van der Waals surface area contributed by atoms with Crippen LogP contribution in [-0.2, 0) is 22.6 Å². The fourth-order valence-corrected chi connectivity index (χ4v) is 4.00. The number of hydrogen-bond donors (Lipinski definition) is 0. The summed E-state index contributed by atoms with van der Waals surface area (Å²) in [5.74, 6) is 1.35. The molecule has 1 aromatic carbocycles. The fraction of sp³-hybridized carbons (Fsp3) is 0.545. The minimum Gasteiger partial charge on any atom is -0.484 e. The van der Waals surface area contributed by atoms with E-state index in [0.717, 1.165) is 18.7 Å². The van der Waals surface area contributed by atoms with Crippen LogP contribution in [0.25, 0.3) is 0 Å². The molecule has 1 aromatic heterocycles. The molecular formula is C22H28FN5O4. The van der Waals surface area contributed by atoms with Crippen molar-refractivity contribution in [1.29, 1.82) is 0 Å². The Labute approximate surface area is 186 Å². The molecule has 0 radical (unpaired) electrons. The summed E-state index contributed by atoms with van der Waals surface area (Å²) in [6.45, 7) is 7.33. The standard InChI is InChI=1S/C22H28FN5O4/c1-22(2,3)32-21(30)26-11-12-28-18(13-26)24-25-20(28)17-5-4-10-27(17)19(29)14-31-16-8-6-15(23)7-9-16/h6-9,17H,4-5,10-14H2,1-3H3/t17-/m0/s1. The third-order valence-electron chi connectivity index (χ3n) is 5.48. The molecule has 1 saturated heterocycles. The first-order valence-electron chi connectivity index (χ1n) is 10.8. The Morgan fingerprint density at radius 1 is 1.12 bits per heavy atom. The van der Waals surface area contributed by atoms with Crippen LogP contribution in [0.3, 0.4) is 0 Å². The SMILES string of the molecule is CC(C)(C)OC(=O)N1CCn2c(nnc2[C@@H]2CCCN2C(=O)COc2ccc(F)cc2)C1. The Hall–Kier alpha value is -3.17. The normalized spacial score (nSPS) is 18.4. The van der Waals surface area contributed by atoms with Crippen LogP contribution in [0.2, 0.25) is 0 Å². The lowest BCUT2D eigenvalue weighted by Gasteiger charge is -2.31. The van der Waals surface area contributed by atoms with Crippen LogP contribution < -0.4 is 4.74 Å². The lowest BCUT2D eigenvalue weighted by Crippen LogP contribution is -2.42. The topological polar surface area (TPSA) is 89.8 Å². The van der Waals surface area contributed by atoms with E-state index in [-0.39, 0.29) is 30.5 Å². The molecule has 2 aliphatic heterocycles. The van der Waals surface area contributed by atoms with E-state index < -0.39 is 5.60 Å². The highest BCUT2D eigenvalue weighted by Gasteiger charge is 2.36. The van der Waals surface area contributed by atoms with Gasteiger partial charge in [0.25, 0.3) is 5.91 Å². The van der Waals surface area contributed by atoms with Gasteiger partial charge in [-0.1, -0.05) is 0 Å². The minimum atomic E-state index is -0.561. The molecule has 2 aliphatic rings. The summed E-state index contributed by atoms with van der Waals surface area (Å²) in [6, 6.07) is 5.39. The van der Waals surface area contributed by atoms with Crippen molar-refractivity contribution in [2.24, 2.45) is 0 Å². The van der Waals surface area contributed by atoms with E-state index in [1.807, 2.05) is 25.3 Å². The second-order valence-corrected chi connectivity index (χ2v) is 9.02. The lowest BCUT2D eigenvalue weighted by atomic mass is 10.2. The number of hydrogen-bond acceptors (Lipinski definition) is 6. The maximum absolute atomic E-state index is 13.0. The largest absolute Gasteiger partial charge is 0.484 e. The van der Waals surface area contributed by atoms with Gasteiger partial charge in [-0.25, -0.2) is 9.18 Å².